The summed E-state index contributed by atoms with van der Waals surface area (Å²) in [5, 5.41) is 10.0. The molecule has 3 rings (SSSR count). The van der Waals surface area contributed by atoms with Gasteiger partial charge in [-0.2, -0.15) is 0 Å². The smallest absolute Gasteiger partial charge is 0.332 e. The summed E-state index contributed by atoms with van der Waals surface area (Å²) in [6, 6.07) is 5.64. The molecule has 18 heavy (non-hydrogen) atoms. The Morgan fingerprint density at radius 1 is 1.22 bits per heavy atom. The van der Waals surface area contributed by atoms with Gasteiger partial charge in [-0.05, 0) is 24.3 Å². The summed E-state index contributed by atoms with van der Waals surface area (Å²) in [5.74, 6) is -0.279. The zero-order valence-corrected chi connectivity index (χ0v) is 10.2. The molecular weight excluding hydrogens is 256 g/mol. The van der Waals surface area contributed by atoms with Crippen molar-refractivity contribution in [3.8, 4) is 0 Å². The van der Waals surface area contributed by atoms with Gasteiger partial charge in [0, 0.05) is 18.0 Å². The number of imide groups is 1. The molecule has 2 aliphatic heterocycles. The van der Waals surface area contributed by atoms with Gasteiger partial charge in [0.1, 0.15) is 6.04 Å². The summed E-state index contributed by atoms with van der Waals surface area (Å²) in [4.78, 5) is 26.8. The predicted molar refractivity (Wildman–Crippen MR) is 65.5 cm³/mol. The van der Waals surface area contributed by atoms with Crippen LogP contribution in [0, 0.1) is 0 Å². The molecule has 1 aromatic carbocycles. The molecule has 2 aliphatic rings. The van der Waals surface area contributed by atoms with E-state index in [1.54, 1.807) is 24.3 Å². The zero-order valence-electron chi connectivity index (χ0n) is 9.41. The van der Waals surface area contributed by atoms with Crippen molar-refractivity contribution >= 4 is 29.2 Å². The van der Waals surface area contributed by atoms with Crippen molar-refractivity contribution in [2.45, 2.75) is 18.6 Å². The average molecular weight is 267 g/mol. The molecule has 2 fully saturated rings. The first-order valence-electron chi connectivity index (χ1n) is 5.66. The SMILES string of the molecule is O=C1[C@H]2C[C@@H](O)CN2C(=O)N1c1ccc(Cl)cc1. The van der Waals surface area contributed by atoms with E-state index in [1.807, 2.05) is 0 Å². The average Bonchev–Trinajstić information content (AvgIpc) is 2.82. The Kier molecular flexibility index (Phi) is 2.53. The highest BCUT2D eigenvalue weighted by atomic mass is 35.5. The lowest BCUT2D eigenvalue weighted by atomic mass is 10.2. The van der Waals surface area contributed by atoms with Gasteiger partial charge in [-0.25, -0.2) is 9.69 Å². The van der Waals surface area contributed by atoms with Crippen LogP contribution in [0.3, 0.4) is 0 Å². The number of hydrogen-bond acceptors (Lipinski definition) is 3. The zero-order chi connectivity index (χ0) is 12.9. The van der Waals surface area contributed by atoms with E-state index in [2.05, 4.69) is 0 Å². The molecule has 2 saturated heterocycles. The van der Waals surface area contributed by atoms with Gasteiger partial charge in [-0.3, -0.25) is 4.79 Å². The minimum atomic E-state index is -0.602. The van der Waals surface area contributed by atoms with Crippen molar-refractivity contribution < 1.29 is 14.7 Å². The van der Waals surface area contributed by atoms with Crippen molar-refractivity contribution in [2.75, 3.05) is 11.4 Å². The number of benzene rings is 1. The van der Waals surface area contributed by atoms with Gasteiger partial charge >= 0.3 is 6.03 Å². The van der Waals surface area contributed by atoms with Crippen LogP contribution in [-0.4, -0.2) is 40.6 Å². The van der Waals surface area contributed by atoms with Crippen LogP contribution in [0.5, 0.6) is 0 Å². The molecule has 94 valence electrons. The Bertz CT molecular complexity index is 493. The molecule has 0 bridgehead atoms. The lowest BCUT2D eigenvalue weighted by molar-refractivity contribution is -0.119. The quantitative estimate of drug-likeness (QED) is 0.778. The number of urea groups is 1. The largest absolute Gasteiger partial charge is 0.391 e. The number of anilines is 1. The van der Waals surface area contributed by atoms with Crippen LogP contribution in [0.25, 0.3) is 0 Å². The lowest BCUT2D eigenvalue weighted by Gasteiger charge is -2.16. The molecular formula is C12H11ClN2O3. The summed E-state index contributed by atoms with van der Waals surface area (Å²) < 4.78 is 0. The third-order valence-electron chi connectivity index (χ3n) is 3.31. The second kappa shape index (κ2) is 3.96. The second-order valence-corrected chi connectivity index (χ2v) is 4.93. The van der Waals surface area contributed by atoms with E-state index < -0.39 is 12.1 Å². The second-order valence-electron chi connectivity index (χ2n) is 4.49. The van der Waals surface area contributed by atoms with Crippen molar-refractivity contribution in [2.24, 2.45) is 0 Å². The number of carbonyl (C=O) groups is 2. The molecule has 0 radical (unpaired) electrons. The van der Waals surface area contributed by atoms with Gasteiger partial charge in [0.05, 0.1) is 11.8 Å². The van der Waals surface area contributed by atoms with Crippen molar-refractivity contribution in [3.05, 3.63) is 29.3 Å². The van der Waals surface area contributed by atoms with Crippen LogP contribution in [-0.2, 0) is 4.79 Å². The van der Waals surface area contributed by atoms with Crippen LogP contribution in [0.1, 0.15) is 6.42 Å². The van der Waals surface area contributed by atoms with E-state index in [4.69, 9.17) is 11.6 Å². The van der Waals surface area contributed by atoms with Gasteiger partial charge in [0.25, 0.3) is 5.91 Å². The fourth-order valence-electron chi connectivity index (χ4n) is 2.46. The highest BCUT2D eigenvalue weighted by Crippen LogP contribution is 2.31. The molecule has 5 nitrogen and oxygen atoms in total. The molecule has 0 unspecified atom stereocenters. The van der Waals surface area contributed by atoms with Crippen LogP contribution in [0.2, 0.25) is 5.02 Å². The fraction of sp³-hybridized carbons (Fsp3) is 0.333. The first kappa shape index (κ1) is 11.5. The molecule has 1 N–H and O–H groups in total. The van der Waals surface area contributed by atoms with E-state index in [-0.39, 0.29) is 18.5 Å². The Morgan fingerprint density at radius 2 is 1.89 bits per heavy atom. The number of hydrogen-bond donors (Lipinski definition) is 1. The Morgan fingerprint density at radius 3 is 2.50 bits per heavy atom. The number of nitrogens with zero attached hydrogens (tertiary/aromatic N) is 2. The van der Waals surface area contributed by atoms with E-state index >= 15 is 0 Å². The predicted octanol–water partition coefficient (Wildman–Crippen LogP) is 1.24. The third-order valence-corrected chi connectivity index (χ3v) is 3.56. The molecule has 0 aliphatic carbocycles. The first-order valence-corrected chi connectivity index (χ1v) is 6.04. The molecule has 0 saturated carbocycles. The van der Waals surface area contributed by atoms with Gasteiger partial charge < -0.3 is 10.0 Å². The minimum absolute atomic E-state index is 0.222. The Hall–Kier alpha value is -1.59. The summed E-state index contributed by atoms with van der Waals surface area (Å²) in [7, 11) is 0. The maximum absolute atomic E-state index is 12.1. The summed E-state index contributed by atoms with van der Waals surface area (Å²) in [6.45, 7) is 0.222. The number of aliphatic hydroxyl groups excluding tert-OH is 1. The molecule has 2 heterocycles. The van der Waals surface area contributed by atoms with E-state index in [0.29, 0.717) is 17.1 Å². The number of fused-ring (bicyclic) bond motifs is 1. The van der Waals surface area contributed by atoms with Gasteiger partial charge in [-0.15, -0.1) is 0 Å². The van der Waals surface area contributed by atoms with Crippen molar-refractivity contribution in [3.63, 3.8) is 0 Å². The van der Waals surface area contributed by atoms with Crippen LogP contribution < -0.4 is 4.90 Å². The summed E-state index contributed by atoms with van der Waals surface area (Å²) in [6.07, 6.45) is -0.287. The van der Waals surface area contributed by atoms with Crippen molar-refractivity contribution in [1.29, 1.82) is 0 Å². The highest BCUT2D eigenvalue weighted by Gasteiger charge is 2.50. The van der Waals surface area contributed by atoms with Gasteiger partial charge in [-0.1, -0.05) is 11.6 Å². The minimum Gasteiger partial charge on any atom is -0.391 e. The van der Waals surface area contributed by atoms with E-state index in [9.17, 15) is 14.7 Å². The summed E-state index contributed by atoms with van der Waals surface area (Å²) in [5.41, 5.74) is 0.512. The molecule has 3 amide bonds. The lowest BCUT2D eigenvalue weighted by Crippen LogP contribution is -2.34. The normalized spacial score (nSPS) is 27.0. The third kappa shape index (κ3) is 1.59. The highest BCUT2D eigenvalue weighted by molar-refractivity contribution is 6.30. The van der Waals surface area contributed by atoms with Crippen LogP contribution in [0.4, 0.5) is 10.5 Å². The molecule has 0 spiro atoms. The first-order chi connectivity index (χ1) is 8.58. The van der Waals surface area contributed by atoms with Crippen LogP contribution >= 0.6 is 11.6 Å². The van der Waals surface area contributed by atoms with Crippen molar-refractivity contribution in [1.82, 2.24) is 4.90 Å². The van der Waals surface area contributed by atoms with E-state index in [1.165, 1.54) is 4.90 Å². The molecule has 6 heteroatoms. The molecule has 1 aromatic rings. The molecule has 2 atom stereocenters. The Labute approximate surface area is 109 Å². The van der Waals surface area contributed by atoms with Crippen LogP contribution in [0.15, 0.2) is 24.3 Å². The number of amides is 3. The van der Waals surface area contributed by atoms with Gasteiger partial charge in [0.15, 0.2) is 0 Å². The standard InChI is InChI=1S/C12H11ClN2O3/c13-7-1-3-8(4-2-7)15-11(17)10-5-9(16)6-14(10)12(15)18/h1-4,9-10,16H,5-6H2/t9-,10-/m1/s1. The topological polar surface area (TPSA) is 60.9 Å². The van der Waals surface area contributed by atoms with E-state index in [0.717, 1.165) is 4.90 Å². The maximum Gasteiger partial charge on any atom is 0.332 e. The number of aliphatic hydroxyl groups is 1. The Balaban J connectivity index is 1.93. The number of rotatable bonds is 1. The number of carbonyl (C=O) groups excluding carboxylic acids is 2. The molecule has 0 aromatic heterocycles. The fourth-order valence-corrected chi connectivity index (χ4v) is 2.58. The summed E-state index contributed by atoms with van der Waals surface area (Å²) >= 11 is 5.77. The number of halogens is 1. The van der Waals surface area contributed by atoms with Gasteiger partial charge in [0.2, 0.25) is 0 Å². The monoisotopic (exact) mass is 266 g/mol. The maximum atomic E-state index is 12.1.